The van der Waals surface area contributed by atoms with Crippen LogP contribution < -0.4 is 0 Å². The molecule has 2 rings (SSSR count). The van der Waals surface area contributed by atoms with Gasteiger partial charge in [0, 0.05) is 16.7 Å². The van der Waals surface area contributed by atoms with Gasteiger partial charge in [-0.2, -0.15) is 0 Å². The van der Waals surface area contributed by atoms with E-state index in [0.29, 0.717) is 0 Å². The second-order valence-corrected chi connectivity index (χ2v) is 4.96. The fraction of sp³-hybridized carbons (Fsp3) is 0.214. The first-order valence-electron chi connectivity index (χ1n) is 5.46. The minimum absolute atomic E-state index is 1.06. The first kappa shape index (κ1) is 11.2. The molecule has 0 aliphatic rings. The number of pyridine rings is 1. The molecule has 0 fully saturated rings. The predicted molar refractivity (Wildman–Crippen MR) is 70.8 cm³/mol. The molecule has 1 aromatic carbocycles. The van der Waals surface area contributed by atoms with E-state index in [0.717, 1.165) is 11.4 Å². The van der Waals surface area contributed by atoms with Gasteiger partial charge >= 0.3 is 0 Å². The van der Waals surface area contributed by atoms with Crippen LogP contribution in [0.2, 0.25) is 0 Å². The third-order valence-electron chi connectivity index (χ3n) is 2.37. The fourth-order valence-corrected chi connectivity index (χ4v) is 2.40. The van der Waals surface area contributed by atoms with E-state index >= 15 is 0 Å². The van der Waals surface area contributed by atoms with Crippen LogP contribution in [0.25, 0.3) is 11.3 Å². The molecule has 0 saturated carbocycles. The Morgan fingerprint density at radius 3 is 2.62 bits per heavy atom. The topological polar surface area (TPSA) is 12.9 Å². The molecule has 0 amide bonds. The van der Waals surface area contributed by atoms with Crippen LogP contribution in [0.15, 0.2) is 47.5 Å². The molecule has 2 aromatic rings. The number of thioether (sulfide) groups is 1. The van der Waals surface area contributed by atoms with E-state index in [1.54, 1.807) is 0 Å². The Hall–Kier alpha value is -1.28. The summed E-state index contributed by atoms with van der Waals surface area (Å²) in [5.41, 5.74) is 3.49. The van der Waals surface area contributed by atoms with Gasteiger partial charge in [-0.25, -0.2) is 0 Å². The molecule has 2 heteroatoms. The Kier molecular flexibility index (Phi) is 3.62. The van der Waals surface area contributed by atoms with Crippen LogP contribution in [0, 0.1) is 6.92 Å². The van der Waals surface area contributed by atoms with Crippen LogP contribution in [0.1, 0.15) is 12.5 Å². The molecule has 0 saturated heterocycles. The lowest BCUT2D eigenvalue weighted by Gasteiger charge is -2.07. The van der Waals surface area contributed by atoms with Crippen molar-refractivity contribution < 1.29 is 0 Å². The van der Waals surface area contributed by atoms with E-state index < -0.39 is 0 Å². The fourth-order valence-electron chi connectivity index (χ4n) is 1.59. The van der Waals surface area contributed by atoms with Crippen molar-refractivity contribution in [2.75, 3.05) is 5.75 Å². The molecule has 0 unspecified atom stereocenters. The van der Waals surface area contributed by atoms with Crippen LogP contribution in [0.5, 0.6) is 0 Å². The maximum Gasteiger partial charge on any atom is 0.0713 e. The van der Waals surface area contributed by atoms with Crippen LogP contribution in [-0.2, 0) is 0 Å². The van der Waals surface area contributed by atoms with Crippen molar-refractivity contribution in [3.63, 3.8) is 0 Å². The molecule has 0 bridgehead atoms. The molecule has 0 aliphatic heterocycles. The van der Waals surface area contributed by atoms with Gasteiger partial charge in [0.05, 0.1) is 5.69 Å². The summed E-state index contributed by atoms with van der Waals surface area (Å²) in [7, 11) is 0. The van der Waals surface area contributed by atoms with Gasteiger partial charge in [0.25, 0.3) is 0 Å². The first-order valence-corrected chi connectivity index (χ1v) is 6.44. The first-order chi connectivity index (χ1) is 7.81. The van der Waals surface area contributed by atoms with E-state index in [1.807, 2.05) is 18.0 Å². The van der Waals surface area contributed by atoms with Crippen molar-refractivity contribution in [1.29, 1.82) is 0 Å². The number of hydrogen-bond donors (Lipinski definition) is 0. The summed E-state index contributed by atoms with van der Waals surface area (Å²) in [6.45, 7) is 4.23. The van der Waals surface area contributed by atoms with Crippen LogP contribution in [0.3, 0.4) is 0 Å². The summed E-state index contributed by atoms with van der Waals surface area (Å²) in [5, 5.41) is 0. The third-order valence-corrected chi connectivity index (χ3v) is 3.33. The molecule has 82 valence electrons. The summed E-state index contributed by atoms with van der Waals surface area (Å²) in [6.07, 6.45) is 1.92. The molecule has 0 aliphatic carbocycles. The molecule has 0 radical (unpaired) electrons. The molecular weight excluding hydrogens is 214 g/mol. The molecule has 0 N–H and O–H groups in total. The van der Waals surface area contributed by atoms with E-state index in [-0.39, 0.29) is 0 Å². The van der Waals surface area contributed by atoms with Gasteiger partial charge in [0.2, 0.25) is 0 Å². The van der Waals surface area contributed by atoms with Crippen molar-refractivity contribution in [3.8, 4) is 11.3 Å². The standard InChI is InChI=1S/C14H15NS/c1-3-16-14-7-5-4-6-12(14)13-9-8-11(2)10-15-13/h4-10H,3H2,1-2H3. The zero-order valence-electron chi connectivity index (χ0n) is 9.60. The van der Waals surface area contributed by atoms with Crippen molar-refractivity contribution in [2.24, 2.45) is 0 Å². The molecule has 1 aromatic heterocycles. The van der Waals surface area contributed by atoms with Crippen molar-refractivity contribution in [3.05, 3.63) is 48.2 Å². The molecule has 1 heterocycles. The Balaban J connectivity index is 2.42. The lowest BCUT2D eigenvalue weighted by Crippen LogP contribution is -1.86. The van der Waals surface area contributed by atoms with Gasteiger partial charge in [-0.15, -0.1) is 11.8 Å². The second kappa shape index (κ2) is 5.17. The molecular formula is C14H15NS. The zero-order valence-corrected chi connectivity index (χ0v) is 10.4. The summed E-state index contributed by atoms with van der Waals surface area (Å²) < 4.78 is 0. The highest BCUT2D eigenvalue weighted by Crippen LogP contribution is 2.29. The van der Waals surface area contributed by atoms with E-state index in [1.165, 1.54) is 16.0 Å². The number of aryl methyl sites for hydroxylation is 1. The van der Waals surface area contributed by atoms with Gasteiger partial charge in [-0.1, -0.05) is 31.2 Å². The quantitative estimate of drug-likeness (QED) is 0.733. The smallest absolute Gasteiger partial charge is 0.0713 e. The number of benzene rings is 1. The van der Waals surface area contributed by atoms with Crippen LogP contribution in [-0.4, -0.2) is 10.7 Å². The Morgan fingerprint density at radius 2 is 1.94 bits per heavy atom. The average Bonchev–Trinajstić information content (AvgIpc) is 2.32. The maximum absolute atomic E-state index is 4.48. The monoisotopic (exact) mass is 229 g/mol. The SMILES string of the molecule is CCSc1ccccc1-c1ccc(C)cn1. The summed E-state index contributed by atoms with van der Waals surface area (Å²) in [6, 6.07) is 12.6. The molecule has 0 atom stereocenters. The van der Waals surface area contributed by atoms with Gasteiger partial charge in [-0.3, -0.25) is 4.98 Å². The van der Waals surface area contributed by atoms with Crippen molar-refractivity contribution in [1.82, 2.24) is 4.98 Å². The van der Waals surface area contributed by atoms with Gasteiger partial charge < -0.3 is 0 Å². The number of aromatic nitrogens is 1. The Labute approximate surface area is 101 Å². The van der Waals surface area contributed by atoms with Crippen molar-refractivity contribution >= 4 is 11.8 Å². The third kappa shape index (κ3) is 2.45. The second-order valence-electron chi connectivity index (χ2n) is 3.65. The summed E-state index contributed by atoms with van der Waals surface area (Å²) in [4.78, 5) is 5.78. The lowest BCUT2D eigenvalue weighted by atomic mass is 10.1. The Bertz CT molecular complexity index is 462. The average molecular weight is 229 g/mol. The lowest BCUT2D eigenvalue weighted by molar-refractivity contribution is 1.25. The van der Waals surface area contributed by atoms with Crippen LogP contribution >= 0.6 is 11.8 Å². The highest BCUT2D eigenvalue weighted by atomic mass is 32.2. The Morgan fingerprint density at radius 1 is 1.12 bits per heavy atom. The molecule has 1 nitrogen and oxygen atoms in total. The van der Waals surface area contributed by atoms with Gasteiger partial charge in [0.15, 0.2) is 0 Å². The maximum atomic E-state index is 4.48. The normalized spacial score (nSPS) is 10.4. The minimum Gasteiger partial charge on any atom is -0.256 e. The van der Waals surface area contributed by atoms with Gasteiger partial charge in [0.1, 0.15) is 0 Å². The van der Waals surface area contributed by atoms with Crippen LogP contribution in [0.4, 0.5) is 0 Å². The summed E-state index contributed by atoms with van der Waals surface area (Å²) in [5.74, 6) is 1.09. The van der Waals surface area contributed by atoms with Crippen molar-refractivity contribution in [2.45, 2.75) is 18.7 Å². The number of hydrogen-bond acceptors (Lipinski definition) is 2. The molecule has 16 heavy (non-hydrogen) atoms. The van der Waals surface area contributed by atoms with E-state index in [9.17, 15) is 0 Å². The number of rotatable bonds is 3. The zero-order chi connectivity index (χ0) is 11.4. The predicted octanol–water partition coefficient (Wildman–Crippen LogP) is 4.17. The molecule has 0 spiro atoms. The number of nitrogens with zero attached hydrogens (tertiary/aromatic N) is 1. The minimum atomic E-state index is 1.06. The largest absolute Gasteiger partial charge is 0.256 e. The van der Waals surface area contributed by atoms with E-state index in [4.69, 9.17) is 0 Å². The van der Waals surface area contributed by atoms with Gasteiger partial charge in [-0.05, 0) is 30.4 Å². The highest BCUT2D eigenvalue weighted by Gasteiger charge is 2.04. The highest BCUT2D eigenvalue weighted by molar-refractivity contribution is 7.99. The summed E-state index contributed by atoms with van der Waals surface area (Å²) >= 11 is 1.86. The van der Waals surface area contributed by atoms with E-state index in [2.05, 4.69) is 55.2 Å².